The van der Waals surface area contributed by atoms with Gasteiger partial charge in [-0.05, 0) is 89.2 Å². The molecule has 2 rings (SSSR count). The predicted molar refractivity (Wildman–Crippen MR) is 110 cm³/mol. The van der Waals surface area contributed by atoms with E-state index in [1.54, 1.807) is 0 Å². The third kappa shape index (κ3) is 4.00. The van der Waals surface area contributed by atoms with Crippen LogP contribution < -0.4 is 0 Å². The molecule has 0 spiro atoms. The Morgan fingerprint density at radius 1 is 1.27 bits per heavy atom. The number of hydrogen-bond donors (Lipinski definition) is 1. The van der Waals surface area contributed by atoms with Crippen LogP contribution in [0.2, 0.25) is 0 Å². The Labute approximate surface area is 172 Å². The van der Waals surface area contributed by atoms with Gasteiger partial charge in [0.15, 0.2) is 0 Å². The van der Waals surface area contributed by atoms with Gasteiger partial charge >= 0.3 is 0 Å². The molecule has 0 unspecified atom stereocenters. The van der Waals surface area contributed by atoms with E-state index in [1.807, 2.05) is 11.5 Å². The Morgan fingerprint density at radius 3 is 2.19 bits per heavy atom. The number of carbonyl (C=O) groups excluding carboxylic acids is 1. The Bertz CT molecular complexity index is 545. The second kappa shape index (κ2) is 8.08. The molecule has 1 aliphatic carbocycles. The summed E-state index contributed by atoms with van der Waals surface area (Å²) in [6, 6.07) is 0. The van der Waals surface area contributed by atoms with E-state index in [1.165, 1.54) is 9.99 Å². The fourth-order valence-corrected chi connectivity index (χ4v) is 5.48. The highest BCUT2D eigenvalue weighted by Crippen LogP contribution is 2.53. The highest BCUT2D eigenvalue weighted by atomic mass is 35.5. The van der Waals surface area contributed by atoms with Crippen molar-refractivity contribution in [2.45, 2.75) is 76.4 Å². The summed E-state index contributed by atoms with van der Waals surface area (Å²) in [4.78, 5) is 14.0. The van der Waals surface area contributed by atoms with E-state index >= 15 is 0 Å². The Kier molecular flexibility index (Phi) is 6.88. The van der Waals surface area contributed by atoms with E-state index < -0.39 is 5.54 Å². The molecule has 1 saturated carbocycles. The van der Waals surface area contributed by atoms with E-state index in [-0.39, 0.29) is 11.1 Å². The summed E-state index contributed by atoms with van der Waals surface area (Å²) in [5, 5.41) is 0. The minimum absolute atomic E-state index is 0.346. The fraction of sp³-hybridized carbons (Fsp3) is 0.833. The lowest BCUT2D eigenvalue weighted by molar-refractivity contribution is -0.121. The van der Waals surface area contributed by atoms with Crippen LogP contribution in [0.3, 0.4) is 0 Å². The van der Waals surface area contributed by atoms with E-state index in [2.05, 4.69) is 32.6 Å². The van der Waals surface area contributed by atoms with Gasteiger partial charge in [0.05, 0.1) is 0 Å². The molecule has 1 aliphatic heterocycles. The quantitative estimate of drug-likeness (QED) is 0.364. The molecule has 0 atom stereocenters. The summed E-state index contributed by atoms with van der Waals surface area (Å²) in [7, 11) is 2.03. The van der Waals surface area contributed by atoms with Crippen molar-refractivity contribution in [3.63, 3.8) is 0 Å². The number of carbonyl (C=O) groups is 1. The largest absolute Gasteiger partial charge is 0.375 e. The summed E-state index contributed by atoms with van der Waals surface area (Å²) in [5.41, 5.74) is 1.17. The minimum Gasteiger partial charge on any atom is -0.375 e. The maximum Gasteiger partial charge on any atom is 0.225 e. The Morgan fingerprint density at radius 2 is 1.81 bits per heavy atom. The first-order chi connectivity index (χ1) is 12.0. The molecule has 2 aliphatic rings. The highest BCUT2D eigenvalue weighted by Gasteiger charge is 2.57. The van der Waals surface area contributed by atoms with Gasteiger partial charge < -0.3 is 9.45 Å². The van der Waals surface area contributed by atoms with Crippen molar-refractivity contribution in [3.8, 4) is 0 Å². The van der Waals surface area contributed by atoms with Gasteiger partial charge in [-0.25, -0.2) is 8.84 Å². The summed E-state index contributed by atoms with van der Waals surface area (Å²) in [6.45, 7) is 9.07. The summed E-state index contributed by atoms with van der Waals surface area (Å²) < 4.78 is 12.4. The number of allylic oxidation sites excluding steroid dienone is 1. The van der Waals surface area contributed by atoms with E-state index in [9.17, 15) is 9.35 Å². The zero-order valence-electron chi connectivity index (χ0n) is 16.4. The average molecular weight is 424 g/mol. The summed E-state index contributed by atoms with van der Waals surface area (Å²) in [6.07, 6.45) is 5.24. The normalized spacial score (nSPS) is 23.9. The topological polar surface area (TPSA) is 47.0 Å². The van der Waals surface area contributed by atoms with Gasteiger partial charge in [0.2, 0.25) is 6.41 Å². The second-order valence-corrected chi connectivity index (χ2v) is 10.1. The standard InChI is InChI=1S/C18H31Cl2N3O2S/c1-16(2)11-18(22(19)13-24,12-17(3,4)23(16)20)15(14-7-6-8-14)21(5)9-10-26-25/h13,25H,6-12H2,1-5H3. The van der Waals surface area contributed by atoms with Crippen LogP contribution in [-0.2, 0) is 4.79 Å². The van der Waals surface area contributed by atoms with Gasteiger partial charge in [-0.2, -0.15) is 0 Å². The van der Waals surface area contributed by atoms with Crippen molar-refractivity contribution in [2.75, 3.05) is 19.3 Å². The first-order valence-electron chi connectivity index (χ1n) is 9.08. The molecule has 5 nitrogen and oxygen atoms in total. The van der Waals surface area contributed by atoms with Gasteiger partial charge in [0.25, 0.3) is 0 Å². The number of hydrogen-bond acceptors (Lipinski definition) is 5. The second-order valence-electron chi connectivity index (χ2n) is 8.77. The molecule has 1 saturated heterocycles. The third-order valence-corrected chi connectivity index (χ3v) is 7.33. The van der Waals surface area contributed by atoms with Gasteiger partial charge in [-0.1, -0.05) is 0 Å². The lowest BCUT2D eigenvalue weighted by atomic mass is 9.66. The molecule has 0 aromatic rings. The third-order valence-electron chi connectivity index (χ3n) is 5.65. The Hall–Kier alpha value is -0.140. The van der Waals surface area contributed by atoms with Crippen LogP contribution in [0.4, 0.5) is 0 Å². The molecule has 0 aromatic heterocycles. The van der Waals surface area contributed by atoms with Crippen LogP contribution in [-0.4, -0.2) is 60.7 Å². The van der Waals surface area contributed by atoms with E-state index in [0.717, 1.165) is 43.4 Å². The number of nitrogens with zero attached hydrogens (tertiary/aromatic N) is 3. The molecule has 1 heterocycles. The molecule has 0 aromatic carbocycles. The van der Waals surface area contributed by atoms with Crippen molar-refractivity contribution in [3.05, 3.63) is 11.3 Å². The maximum atomic E-state index is 11.8. The van der Waals surface area contributed by atoms with E-state index in [0.29, 0.717) is 25.1 Å². The summed E-state index contributed by atoms with van der Waals surface area (Å²) >= 11 is 14.1. The van der Waals surface area contributed by atoms with Crippen LogP contribution >= 0.6 is 35.6 Å². The average Bonchev–Trinajstić information content (AvgIpc) is 2.51. The van der Waals surface area contributed by atoms with Crippen molar-refractivity contribution in [1.82, 2.24) is 13.7 Å². The van der Waals surface area contributed by atoms with Gasteiger partial charge in [0.1, 0.15) is 5.54 Å². The van der Waals surface area contributed by atoms with Crippen molar-refractivity contribution < 1.29 is 9.35 Å². The minimum atomic E-state index is -0.633. The van der Waals surface area contributed by atoms with Crippen LogP contribution in [0.5, 0.6) is 0 Å². The zero-order chi connectivity index (χ0) is 19.8. The lowest BCUT2D eigenvalue weighted by Gasteiger charge is -2.59. The number of piperidine rings is 1. The van der Waals surface area contributed by atoms with Gasteiger partial charge in [-0.15, -0.1) is 0 Å². The SMILES string of the molecule is CN(CCSO)C(=C1CCC1)C1(N(Cl)C=O)CC(C)(C)N(Cl)C(C)(C)C1. The summed E-state index contributed by atoms with van der Waals surface area (Å²) in [5.74, 6) is 0.598. The molecule has 26 heavy (non-hydrogen) atoms. The predicted octanol–water partition coefficient (Wildman–Crippen LogP) is 4.72. The lowest BCUT2D eigenvalue weighted by Crippen LogP contribution is -2.67. The van der Waals surface area contributed by atoms with Crippen LogP contribution in [0.15, 0.2) is 11.3 Å². The van der Waals surface area contributed by atoms with Crippen molar-refractivity contribution in [2.24, 2.45) is 0 Å². The first-order valence-corrected chi connectivity index (χ1v) is 10.7. The van der Waals surface area contributed by atoms with Gasteiger partial charge in [-0.3, -0.25) is 4.79 Å². The van der Waals surface area contributed by atoms with Crippen LogP contribution in [0.25, 0.3) is 0 Å². The van der Waals surface area contributed by atoms with E-state index in [4.69, 9.17) is 23.6 Å². The zero-order valence-corrected chi connectivity index (χ0v) is 18.7. The number of likely N-dealkylation sites (N-methyl/N-ethyl adjacent to an activating group) is 1. The van der Waals surface area contributed by atoms with Crippen molar-refractivity contribution in [1.29, 1.82) is 0 Å². The monoisotopic (exact) mass is 423 g/mol. The number of amides is 1. The maximum absolute atomic E-state index is 11.8. The highest BCUT2D eigenvalue weighted by molar-refractivity contribution is 7.93. The molecule has 2 fully saturated rings. The van der Waals surface area contributed by atoms with Crippen molar-refractivity contribution >= 4 is 42.0 Å². The molecular formula is C18H31Cl2N3O2S. The number of rotatable bonds is 7. The molecule has 0 bridgehead atoms. The molecule has 0 radical (unpaired) electrons. The van der Waals surface area contributed by atoms with Crippen LogP contribution in [0.1, 0.15) is 59.8 Å². The molecule has 1 amide bonds. The molecular weight excluding hydrogens is 393 g/mol. The van der Waals surface area contributed by atoms with Gasteiger partial charge in [0, 0.05) is 47.9 Å². The Balaban J connectivity index is 2.59. The first kappa shape index (κ1) is 22.2. The molecule has 1 N–H and O–H groups in total. The molecule has 150 valence electrons. The smallest absolute Gasteiger partial charge is 0.225 e. The fourth-order valence-electron chi connectivity index (χ4n) is 4.81. The molecule has 8 heteroatoms. The number of halogens is 2. The van der Waals surface area contributed by atoms with Crippen LogP contribution in [0, 0.1) is 0 Å².